The second-order valence-corrected chi connectivity index (χ2v) is 6.10. The van der Waals surface area contributed by atoms with E-state index in [2.05, 4.69) is 27.2 Å². The van der Waals surface area contributed by atoms with Crippen LogP contribution in [-0.2, 0) is 4.79 Å². The zero-order chi connectivity index (χ0) is 21.8. The number of nitrogens with one attached hydrogen (secondary N) is 2. The zero-order valence-corrected chi connectivity index (χ0v) is 15.7. The predicted molar refractivity (Wildman–Crippen MR) is 109 cm³/mol. The number of amides is 1. The standard InChI is InChI=1S/C19H16N6O5/c1-3-17(27)20-12-4-6-13(7-5-12)24-19(28)18(11(2)23-24)22-21-15-10-14(25(29)30)8-9-16(15)26/h3-10,23,26H,1H2,2H3,(H,20,27). The van der Waals surface area contributed by atoms with E-state index in [-0.39, 0.29) is 28.7 Å². The van der Waals surface area contributed by atoms with Crippen molar-refractivity contribution in [1.29, 1.82) is 0 Å². The molecule has 0 radical (unpaired) electrons. The van der Waals surface area contributed by atoms with Crippen molar-refractivity contribution >= 4 is 28.7 Å². The second-order valence-electron chi connectivity index (χ2n) is 6.10. The van der Waals surface area contributed by atoms with Crippen molar-refractivity contribution in [2.45, 2.75) is 6.92 Å². The molecular formula is C19H16N6O5. The first-order chi connectivity index (χ1) is 14.3. The maximum absolute atomic E-state index is 12.7. The summed E-state index contributed by atoms with van der Waals surface area (Å²) in [6.07, 6.45) is 1.14. The number of nitrogens with zero attached hydrogens (tertiary/aromatic N) is 4. The number of nitro groups is 1. The summed E-state index contributed by atoms with van der Waals surface area (Å²) >= 11 is 0. The van der Waals surface area contributed by atoms with Gasteiger partial charge in [-0.3, -0.25) is 24.8 Å². The summed E-state index contributed by atoms with van der Waals surface area (Å²) in [6.45, 7) is 4.98. The van der Waals surface area contributed by atoms with Gasteiger partial charge in [-0.25, -0.2) is 4.68 Å². The van der Waals surface area contributed by atoms with Crippen LogP contribution in [0.5, 0.6) is 5.75 Å². The lowest BCUT2D eigenvalue weighted by atomic mass is 10.2. The topological polar surface area (TPSA) is 155 Å². The first-order valence-corrected chi connectivity index (χ1v) is 8.54. The van der Waals surface area contributed by atoms with E-state index in [1.807, 2.05) is 0 Å². The number of rotatable bonds is 6. The Balaban J connectivity index is 1.91. The number of non-ortho nitro benzene ring substituents is 1. The number of azo groups is 1. The summed E-state index contributed by atoms with van der Waals surface area (Å²) < 4.78 is 1.23. The third kappa shape index (κ3) is 4.14. The molecular weight excluding hydrogens is 392 g/mol. The van der Waals surface area contributed by atoms with Crippen molar-refractivity contribution in [2.24, 2.45) is 10.2 Å². The highest BCUT2D eigenvalue weighted by atomic mass is 16.6. The van der Waals surface area contributed by atoms with E-state index in [0.717, 1.165) is 24.3 Å². The number of nitro benzene ring substituents is 1. The Kier molecular flexibility index (Phi) is 5.54. The number of hydrogen-bond donors (Lipinski definition) is 3. The molecule has 3 aromatic rings. The fraction of sp³-hybridized carbons (Fsp3) is 0.0526. The van der Waals surface area contributed by atoms with E-state index < -0.39 is 10.5 Å². The smallest absolute Gasteiger partial charge is 0.299 e. The van der Waals surface area contributed by atoms with Gasteiger partial charge >= 0.3 is 0 Å². The molecule has 11 nitrogen and oxygen atoms in total. The monoisotopic (exact) mass is 408 g/mol. The molecule has 0 saturated carbocycles. The second kappa shape index (κ2) is 8.22. The van der Waals surface area contributed by atoms with Gasteiger partial charge in [-0.1, -0.05) is 6.58 Å². The highest BCUT2D eigenvalue weighted by molar-refractivity contribution is 5.98. The minimum Gasteiger partial charge on any atom is -0.506 e. The van der Waals surface area contributed by atoms with Crippen LogP contribution in [0.3, 0.4) is 0 Å². The molecule has 0 atom stereocenters. The fourth-order valence-corrected chi connectivity index (χ4v) is 2.53. The van der Waals surface area contributed by atoms with Crippen molar-refractivity contribution in [3.05, 3.63) is 81.3 Å². The Morgan fingerprint density at radius 2 is 1.97 bits per heavy atom. The van der Waals surface area contributed by atoms with E-state index in [4.69, 9.17) is 0 Å². The number of aromatic hydroxyl groups is 1. The SMILES string of the molecule is C=CC(=O)Nc1ccc(-n2[nH]c(C)c(N=Nc3cc([N+](=O)[O-])ccc3O)c2=O)cc1. The van der Waals surface area contributed by atoms with E-state index in [1.165, 1.54) is 4.68 Å². The number of phenols is 1. The summed E-state index contributed by atoms with van der Waals surface area (Å²) in [5.41, 5.74) is 0.471. The first-order valence-electron chi connectivity index (χ1n) is 8.54. The van der Waals surface area contributed by atoms with Crippen LogP contribution in [0.1, 0.15) is 5.69 Å². The van der Waals surface area contributed by atoms with Gasteiger partial charge in [0.15, 0.2) is 5.69 Å². The van der Waals surface area contributed by atoms with Crippen LogP contribution in [0.15, 0.2) is 70.1 Å². The van der Waals surface area contributed by atoms with Gasteiger partial charge < -0.3 is 10.4 Å². The molecule has 3 N–H and O–H groups in total. The van der Waals surface area contributed by atoms with Crippen LogP contribution in [-0.4, -0.2) is 25.7 Å². The van der Waals surface area contributed by atoms with Gasteiger partial charge in [0.2, 0.25) is 5.91 Å². The van der Waals surface area contributed by atoms with Crippen LogP contribution in [0, 0.1) is 17.0 Å². The van der Waals surface area contributed by atoms with Crippen LogP contribution in [0.2, 0.25) is 0 Å². The lowest BCUT2D eigenvalue weighted by Crippen LogP contribution is -2.14. The molecule has 0 spiro atoms. The van der Waals surface area contributed by atoms with Crippen molar-refractivity contribution in [1.82, 2.24) is 9.78 Å². The van der Waals surface area contributed by atoms with Crippen LogP contribution in [0.25, 0.3) is 5.69 Å². The number of hydrogen-bond acceptors (Lipinski definition) is 7. The Bertz CT molecular complexity index is 1220. The Morgan fingerprint density at radius 3 is 2.60 bits per heavy atom. The van der Waals surface area contributed by atoms with E-state index in [9.17, 15) is 24.8 Å². The van der Waals surface area contributed by atoms with Crippen LogP contribution < -0.4 is 10.9 Å². The van der Waals surface area contributed by atoms with Gasteiger partial charge in [-0.15, -0.1) is 10.2 Å². The van der Waals surface area contributed by atoms with Gasteiger partial charge in [-0.05, 0) is 43.3 Å². The highest BCUT2D eigenvalue weighted by Gasteiger charge is 2.14. The molecule has 0 saturated heterocycles. The van der Waals surface area contributed by atoms with Crippen LogP contribution >= 0.6 is 0 Å². The summed E-state index contributed by atoms with van der Waals surface area (Å²) in [6, 6.07) is 9.76. The number of anilines is 1. The van der Waals surface area contributed by atoms with Gasteiger partial charge in [0, 0.05) is 17.8 Å². The largest absolute Gasteiger partial charge is 0.506 e. The molecule has 0 fully saturated rings. The summed E-state index contributed by atoms with van der Waals surface area (Å²) in [5.74, 6) is -0.669. The maximum atomic E-state index is 12.7. The number of aryl methyl sites for hydroxylation is 1. The van der Waals surface area contributed by atoms with Crippen molar-refractivity contribution in [3.8, 4) is 11.4 Å². The normalized spacial score (nSPS) is 10.8. The van der Waals surface area contributed by atoms with Crippen molar-refractivity contribution < 1.29 is 14.8 Å². The summed E-state index contributed by atoms with van der Waals surface area (Å²) in [4.78, 5) is 34.3. The number of carbonyl (C=O) groups is 1. The average Bonchev–Trinajstić information content (AvgIpc) is 3.01. The quantitative estimate of drug-likeness (QED) is 0.246. The number of phenolic OH excluding ortho intramolecular Hbond substituents is 1. The van der Waals surface area contributed by atoms with E-state index >= 15 is 0 Å². The lowest BCUT2D eigenvalue weighted by molar-refractivity contribution is -0.384. The lowest BCUT2D eigenvalue weighted by Gasteiger charge is -2.04. The molecule has 30 heavy (non-hydrogen) atoms. The maximum Gasteiger partial charge on any atom is 0.299 e. The van der Waals surface area contributed by atoms with Gasteiger partial charge in [0.1, 0.15) is 11.4 Å². The Morgan fingerprint density at radius 1 is 1.27 bits per heavy atom. The molecule has 1 amide bonds. The van der Waals surface area contributed by atoms with Crippen molar-refractivity contribution in [3.63, 3.8) is 0 Å². The molecule has 1 heterocycles. The molecule has 152 valence electrons. The molecule has 2 aromatic carbocycles. The van der Waals surface area contributed by atoms with E-state index in [1.54, 1.807) is 31.2 Å². The molecule has 0 aliphatic heterocycles. The number of aromatic amines is 1. The Labute approximate surface area is 169 Å². The molecule has 0 aliphatic carbocycles. The number of carbonyl (C=O) groups excluding carboxylic acids is 1. The van der Waals surface area contributed by atoms with Crippen molar-refractivity contribution in [2.75, 3.05) is 5.32 Å². The summed E-state index contributed by atoms with van der Waals surface area (Å²) in [7, 11) is 0. The number of H-pyrrole nitrogens is 1. The molecule has 0 unspecified atom stereocenters. The molecule has 0 aliphatic rings. The average molecular weight is 408 g/mol. The number of benzene rings is 2. The Hall–Kier alpha value is -4.54. The molecule has 11 heteroatoms. The zero-order valence-electron chi connectivity index (χ0n) is 15.7. The fourth-order valence-electron chi connectivity index (χ4n) is 2.53. The van der Waals surface area contributed by atoms with E-state index in [0.29, 0.717) is 17.1 Å². The first kappa shape index (κ1) is 20.2. The number of aromatic nitrogens is 2. The molecule has 1 aromatic heterocycles. The third-order valence-corrected chi connectivity index (χ3v) is 4.05. The molecule has 3 rings (SSSR count). The minimum absolute atomic E-state index is 0.0232. The molecule has 0 bridgehead atoms. The van der Waals surface area contributed by atoms with Gasteiger partial charge in [0.25, 0.3) is 11.2 Å². The van der Waals surface area contributed by atoms with Gasteiger partial charge in [0.05, 0.1) is 16.3 Å². The highest BCUT2D eigenvalue weighted by Crippen LogP contribution is 2.31. The third-order valence-electron chi connectivity index (χ3n) is 4.05. The predicted octanol–water partition coefficient (Wildman–Crippen LogP) is 3.63. The minimum atomic E-state index is -0.631. The van der Waals surface area contributed by atoms with Gasteiger partial charge in [-0.2, -0.15) is 0 Å². The van der Waals surface area contributed by atoms with Crippen LogP contribution in [0.4, 0.5) is 22.7 Å². The summed E-state index contributed by atoms with van der Waals surface area (Å²) in [5, 5.41) is 33.8.